The predicted octanol–water partition coefficient (Wildman–Crippen LogP) is 2.55. The van der Waals surface area contributed by atoms with Crippen LogP contribution in [0.3, 0.4) is 0 Å². The molecule has 2 aliphatic heterocycles. The number of aryl methyl sites for hydroxylation is 1. The number of halogens is 2. The third-order valence-corrected chi connectivity index (χ3v) is 5.15. The van der Waals surface area contributed by atoms with Crippen LogP contribution in [0.2, 0.25) is 5.02 Å². The van der Waals surface area contributed by atoms with Gasteiger partial charge in [0, 0.05) is 37.4 Å². The van der Waals surface area contributed by atoms with Gasteiger partial charge in [-0.25, -0.2) is 4.68 Å². The second kappa shape index (κ2) is 6.75. The predicted molar refractivity (Wildman–Crippen MR) is 96.3 cm³/mol. The van der Waals surface area contributed by atoms with Crippen LogP contribution in [-0.4, -0.2) is 46.8 Å². The molecule has 3 heterocycles. The SMILES string of the molecule is Cc1nn(-c2ccc(Cl)cc2)cc1C(=O)N1C[C@H]2CNC[C@H]2C1.Cl. The topological polar surface area (TPSA) is 50.2 Å². The molecule has 0 radical (unpaired) electrons. The lowest BCUT2D eigenvalue weighted by Gasteiger charge is -2.16. The van der Waals surface area contributed by atoms with Crippen molar-refractivity contribution in [2.75, 3.05) is 26.2 Å². The van der Waals surface area contributed by atoms with E-state index in [0.717, 1.165) is 37.6 Å². The number of rotatable bonds is 2. The van der Waals surface area contributed by atoms with E-state index in [0.29, 0.717) is 22.4 Å². The molecular weight excluding hydrogens is 347 g/mol. The first-order valence-corrected chi connectivity index (χ1v) is 8.32. The van der Waals surface area contributed by atoms with E-state index < -0.39 is 0 Å². The van der Waals surface area contributed by atoms with Crippen molar-refractivity contribution in [1.82, 2.24) is 20.0 Å². The molecule has 24 heavy (non-hydrogen) atoms. The molecule has 1 amide bonds. The number of carbonyl (C=O) groups is 1. The van der Waals surface area contributed by atoms with Crippen molar-refractivity contribution < 1.29 is 4.79 Å². The Bertz CT molecular complexity index is 732. The summed E-state index contributed by atoms with van der Waals surface area (Å²) in [5.74, 6) is 1.30. The second-order valence-corrected chi connectivity index (χ2v) is 6.87. The van der Waals surface area contributed by atoms with Crippen LogP contribution in [0.5, 0.6) is 0 Å². The van der Waals surface area contributed by atoms with E-state index in [-0.39, 0.29) is 18.3 Å². The third kappa shape index (κ3) is 3.04. The molecule has 2 fully saturated rings. The van der Waals surface area contributed by atoms with Crippen LogP contribution in [-0.2, 0) is 0 Å². The molecule has 0 spiro atoms. The maximum atomic E-state index is 12.8. The molecule has 128 valence electrons. The van der Waals surface area contributed by atoms with E-state index in [1.165, 1.54) is 0 Å². The highest BCUT2D eigenvalue weighted by atomic mass is 35.5. The minimum Gasteiger partial charge on any atom is -0.338 e. The summed E-state index contributed by atoms with van der Waals surface area (Å²) in [6.07, 6.45) is 1.83. The van der Waals surface area contributed by atoms with Crippen LogP contribution in [0.4, 0.5) is 0 Å². The molecule has 1 aromatic heterocycles. The lowest BCUT2D eigenvalue weighted by molar-refractivity contribution is 0.0781. The van der Waals surface area contributed by atoms with Crippen molar-refractivity contribution in [3.63, 3.8) is 0 Å². The number of hydrogen-bond donors (Lipinski definition) is 1. The Morgan fingerprint density at radius 1 is 1.21 bits per heavy atom. The lowest BCUT2D eigenvalue weighted by atomic mass is 10.0. The zero-order valence-corrected chi connectivity index (χ0v) is 15.0. The number of likely N-dealkylation sites (tertiary alicyclic amines) is 1. The van der Waals surface area contributed by atoms with E-state index in [4.69, 9.17) is 11.6 Å². The van der Waals surface area contributed by atoms with Gasteiger partial charge in [0.2, 0.25) is 0 Å². The van der Waals surface area contributed by atoms with Crippen molar-refractivity contribution in [2.45, 2.75) is 6.92 Å². The van der Waals surface area contributed by atoms with E-state index in [2.05, 4.69) is 10.4 Å². The normalized spacial score (nSPS) is 22.3. The van der Waals surface area contributed by atoms with Crippen molar-refractivity contribution >= 4 is 29.9 Å². The Morgan fingerprint density at radius 3 is 2.46 bits per heavy atom. The molecule has 2 saturated heterocycles. The van der Waals surface area contributed by atoms with Gasteiger partial charge in [-0.3, -0.25) is 4.79 Å². The van der Waals surface area contributed by atoms with Crippen LogP contribution in [0.1, 0.15) is 16.1 Å². The van der Waals surface area contributed by atoms with Crippen LogP contribution < -0.4 is 5.32 Å². The molecule has 7 heteroatoms. The molecule has 0 saturated carbocycles. The zero-order valence-electron chi connectivity index (χ0n) is 13.4. The highest BCUT2D eigenvalue weighted by Gasteiger charge is 2.38. The maximum Gasteiger partial charge on any atom is 0.257 e. The first-order valence-electron chi connectivity index (χ1n) is 7.94. The standard InChI is InChI=1S/C17H19ClN4O.ClH/c1-11-16(10-22(20-11)15-4-2-14(18)3-5-15)17(23)21-8-12-6-19-7-13(12)9-21;/h2-5,10,12-13,19H,6-9H2,1H3;1H/t12-,13+;. The van der Waals surface area contributed by atoms with Gasteiger partial charge in [-0.15, -0.1) is 12.4 Å². The Morgan fingerprint density at radius 2 is 1.83 bits per heavy atom. The molecule has 0 bridgehead atoms. The number of amides is 1. The molecular formula is C17H20Cl2N4O. The molecule has 1 aromatic carbocycles. The minimum absolute atomic E-state index is 0. The van der Waals surface area contributed by atoms with Gasteiger partial charge in [0.05, 0.1) is 16.9 Å². The molecule has 2 atom stereocenters. The van der Waals surface area contributed by atoms with E-state index in [1.54, 1.807) is 4.68 Å². The van der Waals surface area contributed by atoms with E-state index in [9.17, 15) is 4.79 Å². The van der Waals surface area contributed by atoms with Gasteiger partial charge in [-0.05, 0) is 43.0 Å². The Hall–Kier alpha value is -1.56. The first-order chi connectivity index (χ1) is 11.1. The van der Waals surface area contributed by atoms with Crippen molar-refractivity contribution in [3.8, 4) is 5.69 Å². The van der Waals surface area contributed by atoms with Gasteiger partial charge in [-0.1, -0.05) is 11.6 Å². The fourth-order valence-corrected chi connectivity index (χ4v) is 3.71. The molecule has 4 rings (SSSR count). The molecule has 2 aromatic rings. The monoisotopic (exact) mass is 366 g/mol. The number of nitrogens with one attached hydrogen (secondary N) is 1. The number of nitrogens with zero attached hydrogens (tertiary/aromatic N) is 3. The van der Waals surface area contributed by atoms with E-state index in [1.807, 2.05) is 42.3 Å². The summed E-state index contributed by atoms with van der Waals surface area (Å²) in [5, 5.41) is 8.58. The molecule has 1 N–H and O–H groups in total. The van der Waals surface area contributed by atoms with Crippen LogP contribution in [0.25, 0.3) is 5.69 Å². The number of benzene rings is 1. The largest absolute Gasteiger partial charge is 0.338 e. The molecule has 0 unspecified atom stereocenters. The summed E-state index contributed by atoms with van der Waals surface area (Å²) < 4.78 is 1.75. The van der Waals surface area contributed by atoms with Crippen molar-refractivity contribution in [1.29, 1.82) is 0 Å². The van der Waals surface area contributed by atoms with Gasteiger partial charge in [-0.2, -0.15) is 5.10 Å². The second-order valence-electron chi connectivity index (χ2n) is 6.44. The zero-order chi connectivity index (χ0) is 16.0. The summed E-state index contributed by atoms with van der Waals surface area (Å²) in [5.41, 5.74) is 2.35. The highest BCUT2D eigenvalue weighted by Crippen LogP contribution is 2.28. The quantitative estimate of drug-likeness (QED) is 0.888. The van der Waals surface area contributed by atoms with Crippen LogP contribution in [0.15, 0.2) is 30.5 Å². The van der Waals surface area contributed by atoms with Gasteiger partial charge >= 0.3 is 0 Å². The smallest absolute Gasteiger partial charge is 0.257 e. The van der Waals surface area contributed by atoms with Crippen LogP contribution in [0, 0.1) is 18.8 Å². The lowest BCUT2D eigenvalue weighted by Crippen LogP contribution is -2.32. The Kier molecular flexibility index (Phi) is 4.85. The summed E-state index contributed by atoms with van der Waals surface area (Å²) >= 11 is 5.92. The average molecular weight is 367 g/mol. The van der Waals surface area contributed by atoms with Crippen LogP contribution >= 0.6 is 24.0 Å². The minimum atomic E-state index is 0. The molecule has 0 aliphatic carbocycles. The summed E-state index contributed by atoms with van der Waals surface area (Å²) in [7, 11) is 0. The van der Waals surface area contributed by atoms with Crippen molar-refractivity contribution in [3.05, 3.63) is 46.7 Å². The van der Waals surface area contributed by atoms with Gasteiger partial charge in [0.15, 0.2) is 0 Å². The summed E-state index contributed by atoms with van der Waals surface area (Å²) in [6, 6.07) is 7.44. The van der Waals surface area contributed by atoms with E-state index >= 15 is 0 Å². The summed E-state index contributed by atoms with van der Waals surface area (Å²) in [4.78, 5) is 14.8. The summed E-state index contributed by atoms with van der Waals surface area (Å²) in [6.45, 7) is 5.64. The molecule has 2 aliphatic rings. The Balaban J connectivity index is 0.00000169. The number of aromatic nitrogens is 2. The van der Waals surface area contributed by atoms with Crippen molar-refractivity contribution in [2.24, 2.45) is 11.8 Å². The Labute approximate surface area is 152 Å². The fraction of sp³-hybridized carbons (Fsp3) is 0.412. The van der Waals surface area contributed by atoms with Gasteiger partial charge in [0.25, 0.3) is 5.91 Å². The third-order valence-electron chi connectivity index (χ3n) is 4.90. The maximum absolute atomic E-state index is 12.8. The number of fused-ring (bicyclic) bond motifs is 1. The first kappa shape index (κ1) is 17.3. The van der Waals surface area contributed by atoms with Gasteiger partial charge in [0.1, 0.15) is 0 Å². The van der Waals surface area contributed by atoms with Gasteiger partial charge < -0.3 is 10.2 Å². The number of carbonyl (C=O) groups excluding carboxylic acids is 1. The average Bonchev–Trinajstić information content (AvgIpc) is 3.21. The number of hydrogen-bond acceptors (Lipinski definition) is 3. The molecule has 5 nitrogen and oxygen atoms in total. The highest BCUT2D eigenvalue weighted by molar-refractivity contribution is 6.30. The fourth-order valence-electron chi connectivity index (χ4n) is 3.59.